The van der Waals surface area contributed by atoms with Gasteiger partial charge in [-0.05, 0) is 51.5 Å². The molecule has 0 heterocycles. The van der Waals surface area contributed by atoms with Gasteiger partial charge >= 0.3 is 0 Å². The number of hydrogen-bond donors (Lipinski definition) is 2. The van der Waals surface area contributed by atoms with Crippen LogP contribution in [-0.4, -0.2) is 32.3 Å². The first-order valence-corrected chi connectivity index (χ1v) is 5.96. The molecule has 0 aromatic carbocycles. The van der Waals surface area contributed by atoms with Crippen LogP contribution in [0.2, 0.25) is 0 Å². The molecule has 0 amide bonds. The number of nitrogens with two attached hydrogens (primary N) is 1. The monoisotopic (exact) mass is 214 g/mol. The van der Waals surface area contributed by atoms with Gasteiger partial charge in [0, 0.05) is 25.8 Å². The molecule has 15 heavy (non-hydrogen) atoms. The summed E-state index contributed by atoms with van der Waals surface area (Å²) in [7, 11) is 1.78. The molecule has 1 aliphatic carbocycles. The summed E-state index contributed by atoms with van der Waals surface area (Å²) >= 11 is 0. The van der Waals surface area contributed by atoms with E-state index in [9.17, 15) is 0 Å². The number of ether oxygens (including phenoxy) is 1. The summed E-state index contributed by atoms with van der Waals surface area (Å²) in [6.45, 7) is 7.20. The van der Waals surface area contributed by atoms with Crippen LogP contribution in [0, 0.1) is 5.41 Å². The van der Waals surface area contributed by atoms with Gasteiger partial charge in [-0.1, -0.05) is 0 Å². The fraction of sp³-hybridized carbons (Fsp3) is 1.00. The van der Waals surface area contributed by atoms with Gasteiger partial charge in [0.2, 0.25) is 0 Å². The topological polar surface area (TPSA) is 47.3 Å². The minimum Gasteiger partial charge on any atom is -0.385 e. The Morgan fingerprint density at radius 3 is 2.53 bits per heavy atom. The largest absolute Gasteiger partial charge is 0.385 e. The summed E-state index contributed by atoms with van der Waals surface area (Å²) in [5.74, 6) is 0. The maximum absolute atomic E-state index is 5.92. The van der Waals surface area contributed by atoms with E-state index in [-0.39, 0.29) is 5.54 Å². The Hall–Kier alpha value is -0.120. The first kappa shape index (κ1) is 12.9. The lowest BCUT2D eigenvalue weighted by atomic mass is 10.0. The molecular weight excluding hydrogens is 188 g/mol. The summed E-state index contributed by atoms with van der Waals surface area (Å²) < 4.78 is 5.13. The summed E-state index contributed by atoms with van der Waals surface area (Å²) in [4.78, 5) is 0. The Bertz CT molecular complexity index is 183. The standard InChI is InChI=1S/C12H26N2O/c1-11(2,13)6-8-14-10-12(4-5-12)7-9-15-3/h14H,4-10,13H2,1-3H3. The molecule has 1 aliphatic rings. The Kier molecular flexibility index (Phi) is 4.56. The minimum atomic E-state index is -0.0454. The summed E-state index contributed by atoms with van der Waals surface area (Å²) in [5.41, 5.74) is 6.43. The van der Waals surface area contributed by atoms with Gasteiger partial charge in [0.1, 0.15) is 0 Å². The number of hydrogen-bond acceptors (Lipinski definition) is 3. The predicted molar refractivity (Wildman–Crippen MR) is 63.9 cm³/mol. The zero-order valence-electron chi connectivity index (χ0n) is 10.4. The number of nitrogens with one attached hydrogen (secondary N) is 1. The molecule has 0 atom stereocenters. The Labute approximate surface area is 93.8 Å². The highest BCUT2D eigenvalue weighted by Gasteiger charge is 2.41. The lowest BCUT2D eigenvalue weighted by Gasteiger charge is -2.20. The van der Waals surface area contributed by atoms with Gasteiger partial charge in [0.05, 0.1) is 0 Å². The van der Waals surface area contributed by atoms with E-state index in [0.29, 0.717) is 5.41 Å². The Balaban J connectivity index is 2.05. The van der Waals surface area contributed by atoms with Crippen molar-refractivity contribution in [3.05, 3.63) is 0 Å². The van der Waals surface area contributed by atoms with Gasteiger partial charge in [0.15, 0.2) is 0 Å². The molecule has 90 valence electrons. The van der Waals surface area contributed by atoms with E-state index in [1.54, 1.807) is 7.11 Å². The van der Waals surface area contributed by atoms with Crippen LogP contribution in [-0.2, 0) is 4.74 Å². The fourth-order valence-electron chi connectivity index (χ4n) is 1.77. The van der Waals surface area contributed by atoms with Gasteiger partial charge in [-0.25, -0.2) is 0 Å². The van der Waals surface area contributed by atoms with E-state index in [2.05, 4.69) is 19.2 Å². The molecule has 1 fully saturated rings. The third-order valence-corrected chi connectivity index (χ3v) is 3.24. The van der Waals surface area contributed by atoms with Crippen molar-refractivity contribution in [3.8, 4) is 0 Å². The molecule has 3 heteroatoms. The molecule has 0 aromatic heterocycles. The van der Waals surface area contributed by atoms with Crippen molar-refractivity contribution in [2.75, 3.05) is 26.8 Å². The molecule has 1 rings (SSSR count). The predicted octanol–water partition coefficient (Wildman–Crippen LogP) is 1.52. The van der Waals surface area contributed by atoms with Crippen LogP contribution in [0.1, 0.15) is 39.5 Å². The second kappa shape index (κ2) is 5.28. The van der Waals surface area contributed by atoms with Crippen LogP contribution in [0.3, 0.4) is 0 Å². The molecule has 0 saturated heterocycles. The molecule has 3 nitrogen and oxygen atoms in total. The van der Waals surface area contributed by atoms with Crippen LogP contribution in [0.4, 0.5) is 0 Å². The van der Waals surface area contributed by atoms with Gasteiger partial charge < -0.3 is 15.8 Å². The van der Waals surface area contributed by atoms with Crippen molar-refractivity contribution < 1.29 is 4.74 Å². The first-order valence-electron chi connectivity index (χ1n) is 5.96. The molecule has 0 unspecified atom stereocenters. The quantitative estimate of drug-likeness (QED) is 0.602. The van der Waals surface area contributed by atoms with Gasteiger partial charge in [-0.2, -0.15) is 0 Å². The number of rotatable bonds is 8. The highest BCUT2D eigenvalue weighted by atomic mass is 16.5. The molecule has 0 aliphatic heterocycles. The van der Waals surface area contributed by atoms with Crippen LogP contribution < -0.4 is 11.1 Å². The van der Waals surface area contributed by atoms with Crippen LogP contribution in [0.5, 0.6) is 0 Å². The highest BCUT2D eigenvalue weighted by Crippen LogP contribution is 2.48. The first-order chi connectivity index (χ1) is 6.97. The Morgan fingerprint density at radius 1 is 1.40 bits per heavy atom. The van der Waals surface area contributed by atoms with Crippen molar-refractivity contribution in [1.82, 2.24) is 5.32 Å². The molecule has 0 aromatic rings. The van der Waals surface area contributed by atoms with E-state index < -0.39 is 0 Å². The average molecular weight is 214 g/mol. The maximum atomic E-state index is 5.92. The summed E-state index contributed by atoms with van der Waals surface area (Å²) in [6.07, 6.45) is 4.95. The Morgan fingerprint density at radius 2 is 2.07 bits per heavy atom. The van der Waals surface area contributed by atoms with Crippen molar-refractivity contribution in [1.29, 1.82) is 0 Å². The molecule has 0 bridgehead atoms. The van der Waals surface area contributed by atoms with Crippen LogP contribution in [0.25, 0.3) is 0 Å². The number of methoxy groups -OCH3 is 1. The average Bonchev–Trinajstić information content (AvgIpc) is 2.89. The highest BCUT2D eigenvalue weighted by molar-refractivity contribution is 4.94. The SMILES string of the molecule is COCCC1(CNCCC(C)(C)N)CC1. The van der Waals surface area contributed by atoms with Gasteiger partial charge in [-0.15, -0.1) is 0 Å². The van der Waals surface area contributed by atoms with Crippen molar-refractivity contribution in [2.24, 2.45) is 11.1 Å². The van der Waals surface area contributed by atoms with Crippen molar-refractivity contribution in [3.63, 3.8) is 0 Å². The van der Waals surface area contributed by atoms with Crippen LogP contribution >= 0.6 is 0 Å². The van der Waals surface area contributed by atoms with E-state index in [1.165, 1.54) is 19.3 Å². The van der Waals surface area contributed by atoms with E-state index in [1.807, 2.05) is 0 Å². The minimum absolute atomic E-state index is 0.0454. The smallest absolute Gasteiger partial charge is 0.0468 e. The molecule has 0 spiro atoms. The second-order valence-electron chi connectivity index (χ2n) is 5.66. The third-order valence-electron chi connectivity index (χ3n) is 3.24. The van der Waals surface area contributed by atoms with E-state index >= 15 is 0 Å². The maximum Gasteiger partial charge on any atom is 0.0468 e. The molecular formula is C12H26N2O. The summed E-state index contributed by atoms with van der Waals surface area (Å²) in [5, 5.41) is 3.52. The van der Waals surface area contributed by atoms with Gasteiger partial charge in [-0.3, -0.25) is 0 Å². The molecule has 0 radical (unpaired) electrons. The fourth-order valence-corrected chi connectivity index (χ4v) is 1.77. The zero-order valence-corrected chi connectivity index (χ0v) is 10.4. The lowest BCUT2D eigenvalue weighted by molar-refractivity contribution is 0.171. The third kappa shape index (κ3) is 5.50. The summed E-state index contributed by atoms with van der Waals surface area (Å²) in [6, 6.07) is 0. The van der Waals surface area contributed by atoms with Crippen molar-refractivity contribution >= 4 is 0 Å². The zero-order chi connectivity index (χ0) is 11.4. The normalized spacial score (nSPS) is 19.2. The van der Waals surface area contributed by atoms with Crippen LogP contribution in [0.15, 0.2) is 0 Å². The van der Waals surface area contributed by atoms with E-state index in [0.717, 1.165) is 26.1 Å². The molecule has 3 N–H and O–H groups in total. The van der Waals surface area contributed by atoms with Gasteiger partial charge in [0.25, 0.3) is 0 Å². The lowest BCUT2D eigenvalue weighted by Crippen LogP contribution is -2.37. The molecule has 1 saturated carbocycles. The van der Waals surface area contributed by atoms with E-state index in [4.69, 9.17) is 10.5 Å². The second-order valence-corrected chi connectivity index (χ2v) is 5.66. The van der Waals surface area contributed by atoms with Crippen molar-refractivity contribution in [2.45, 2.75) is 45.1 Å².